The summed E-state index contributed by atoms with van der Waals surface area (Å²) in [5.74, 6) is 0. The van der Waals surface area contributed by atoms with E-state index in [2.05, 4.69) is 44.2 Å². The molecule has 1 aliphatic rings. The summed E-state index contributed by atoms with van der Waals surface area (Å²) in [7, 11) is 0. The second kappa shape index (κ2) is 3.58. The highest BCUT2D eigenvalue weighted by atomic mass is 16.5. The molecular weight excluding hydrogens is 172 g/mol. The Balaban J connectivity index is 2.27. The Bertz CT molecular complexity index is 336. The van der Waals surface area contributed by atoms with E-state index in [0.29, 0.717) is 0 Å². The lowest BCUT2D eigenvalue weighted by molar-refractivity contribution is 0.167. The van der Waals surface area contributed by atoms with Crippen molar-refractivity contribution in [2.24, 2.45) is 5.41 Å². The summed E-state index contributed by atoms with van der Waals surface area (Å²) in [5.41, 5.74) is 2.86. The average molecular weight is 188 g/mol. The first-order chi connectivity index (χ1) is 6.68. The maximum Gasteiger partial charge on any atom is 0.0686 e. The number of hydrogen-bond donors (Lipinski definition) is 0. The minimum Gasteiger partial charge on any atom is -0.376 e. The van der Waals surface area contributed by atoms with E-state index in [0.717, 1.165) is 13.2 Å². The standard InChI is InChI=1S/C13H16O/c1-13(2)10-14-9-12(13)8-11-6-4-3-5-7-11/h3-8H,9-10H2,1-2H3. The summed E-state index contributed by atoms with van der Waals surface area (Å²) in [5, 5.41) is 0. The summed E-state index contributed by atoms with van der Waals surface area (Å²) in [6, 6.07) is 10.4. The molecule has 1 aliphatic heterocycles. The van der Waals surface area contributed by atoms with Crippen molar-refractivity contribution in [1.82, 2.24) is 0 Å². The fraction of sp³-hybridized carbons (Fsp3) is 0.385. The van der Waals surface area contributed by atoms with Gasteiger partial charge in [0.1, 0.15) is 0 Å². The molecule has 0 aromatic heterocycles. The van der Waals surface area contributed by atoms with Crippen LogP contribution in [-0.2, 0) is 4.74 Å². The zero-order valence-electron chi connectivity index (χ0n) is 8.79. The smallest absolute Gasteiger partial charge is 0.0686 e. The van der Waals surface area contributed by atoms with Crippen molar-refractivity contribution in [3.63, 3.8) is 0 Å². The maximum absolute atomic E-state index is 5.48. The lowest BCUT2D eigenvalue weighted by Crippen LogP contribution is -2.12. The molecule has 0 N–H and O–H groups in total. The van der Waals surface area contributed by atoms with E-state index in [-0.39, 0.29) is 5.41 Å². The second-order valence-electron chi connectivity index (χ2n) is 4.46. The van der Waals surface area contributed by atoms with E-state index >= 15 is 0 Å². The molecule has 0 saturated carbocycles. The molecule has 1 nitrogen and oxygen atoms in total. The summed E-state index contributed by atoms with van der Waals surface area (Å²) in [6.07, 6.45) is 2.24. The van der Waals surface area contributed by atoms with Crippen molar-refractivity contribution in [2.75, 3.05) is 13.2 Å². The average Bonchev–Trinajstić information content (AvgIpc) is 2.48. The second-order valence-corrected chi connectivity index (χ2v) is 4.46. The lowest BCUT2D eigenvalue weighted by atomic mass is 9.86. The molecule has 1 aromatic rings. The Morgan fingerprint density at radius 1 is 1.21 bits per heavy atom. The van der Waals surface area contributed by atoms with Crippen LogP contribution < -0.4 is 0 Å². The normalized spacial score (nSPS) is 22.9. The first-order valence-electron chi connectivity index (χ1n) is 5.02. The predicted octanol–water partition coefficient (Wildman–Crippen LogP) is 3.13. The van der Waals surface area contributed by atoms with Crippen molar-refractivity contribution >= 4 is 6.08 Å². The molecule has 1 heteroatoms. The van der Waals surface area contributed by atoms with Crippen molar-refractivity contribution < 1.29 is 4.74 Å². The van der Waals surface area contributed by atoms with Gasteiger partial charge in [-0.25, -0.2) is 0 Å². The highest BCUT2D eigenvalue weighted by Crippen LogP contribution is 2.33. The largest absolute Gasteiger partial charge is 0.376 e. The molecule has 1 aromatic carbocycles. The summed E-state index contributed by atoms with van der Waals surface area (Å²) in [6.45, 7) is 6.08. The summed E-state index contributed by atoms with van der Waals surface area (Å²) >= 11 is 0. The third kappa shape index (κ3) is 1.88. The molecule has 0 unspecified atom stereocenters. The van der Waals surface area contributed by atoms with Gasteiger partial charge < -0.3 is 4.74 Å². The third-order valence-corrected chi connectivity index (χ3v) is 2.73. The van der Waals surface area contributed by atoms with Crippen LogP contribution in [-0.4, -0.2) is 13.2 Å². The quantitative estimate of drug-likeness (QED) is 0.658. The van der Waals surface area contributed by atoms with Crippen molar-refractivity contribution in [1.29, 1.82) is 0 Å². The van der Waals surface area contributed by atoms with Crippen LogP contribution in [0.25, 0.3) is 6.08 Å². The molecule has 2 rings (SSSR count). The van der Waals surface area contributed by atoms with Crippen LogP contribution >= 0.6 is 0 Å². The van der Waals surface area contributed by atoms with Crippen LogP contribution in [0.5, 0.6) is 0 Å². The number of benzene rings is 1. The van der Waals surface area contributed by atoms with Gasteiger partial charge in [0.2, 0.25) is 0 Å². The van der Waals surface area contributed by atoms with E-state index in [4.69, 9.17) is 4.74 Å². The Morgan fingerprint density at radius 2 is 1.93 bits per heavy atom. The maximum atomic E-state index is 5.48. The van der Waals surface area contributed by atoms with Crippen molar-refractivity contribution in [3.05, 3.63) is 41.5 Å². The highest BCUT2D eigenvalue weighted by molar-refractivity contribution is 5.54. The fourth-order valence-electron chi connectivity index (χ4n) is 1.69. The minimum atomic E-state index is 0.204. The predicted molar refractivity (Wildman–Crippen MR) is 59.0 cm³/mol. The molecular formula is C13H16O. The number of hydrogen-bond acceptors (Lipinski definition) is 1. The van der Waals surface area contributed by atoms with Gasteiger partial charge in [-0.2, -0.15) is 0 Å². The van der Waals surface area contributed by atoms with Gasteiger partial charge in [0.05, 0.1) is 13.2 Å². The molecule has 1 heterocycles. The SMILES string of the molecule is CC1(C)COCC1=Cc1ccccc1. The zero-order valence-corrected chi connectivity index (χ0v) is 8.79. The van der Waals surface area contributed by atoms with E-state index < -0.39 is 0 Å². The summed E-state index contributed by atoms with van der Waals surface area (Å²) < 4.78 is 5.48. The molecule has 14 heavy (non-hydrogen) atoms. The van der Waals surface area contributed by atoms with Gasteiger partial charge in [-0.1, -0.05) is 50.3 Å². The summed E-state index contributed by atoms with van der Waals surface area (Å²) in [4.78, 5) is 0. The van der Waals surface area contributed by atoms with Gasteiger partial charge in [0, 0.05) is 5.41 Å². The Kier molecular flexibility index (Phi) is 2.42. The van der Waals surface area contributed by atoms with E-state index in [1.807, 2.05) is 6.07 Å². The van der Waals surface area contributed by atoms with Gasteiger partial charge in [-0.05, 0) is 11.1 Å². The molecule has 0 atom stereocenters. The van der Waals surface area contributed by atoms with Gasteiger partial charge in [0.25, 0.3) is 0 Å². The Hall–Kier alpha value is -1.08. The molecule has 0 radical (unpaired) electrons. The van der Waals surface area contributed by atoms with E-state index in [9.17, 15) is 0 Å². The topological polar surface area (TPSA) is 9.23 Å². The number of rotatable bonds is 1. The molecule has 1 saturated heterocycles. The minimum absolute atomic E-state index is 0.204. The van der Waals surface area contributed by atoms with Crippen molar-refractivity contribution in [3.8, 4) is 0 Å². The number of ether oxygens (including phenoxy) is 1. The van der Waals surface area contributed by atoms with Gasteiger partial charge in [0.15, 0.2) is 0 Å². The van der Waals surface area contributed by atoms with Crippen LogP contribution in [0, 0.1) is 5.41 Å². The third-order valence-electron chi connectivity index (χ3n) is 2.73. The van der Waals surface area contributed by atoms with E-state index in [1.54, 1.807) is 0 Å². The molecule has 74 valence electrons. The highest BCUT2D eigenvalue weighted by Gasteiger charge is 2.29. The van der Waals surface area contributed by atoms with Gasteiger partial charge in [-0.3, -0.25) is 0 Å². The van der Waals surface area contributed by atoms with Crippen molar-refractivity contribution in [2.45, 2.75) is 13.8 Å². The molecule has 0 aliphatic carbocycles. The first kappa shape index (κ1) is 9.47. The van der Waals surface area contributed by atoms with Crippen LogP contribution in [0.15, 0.2) is 35.9 Å². The molecule has 1 fully saturated rings. The lowest BCUT2D eigenvalue weighted by Gasteiger charge is -2.16. The van der Waals surface area contributed by atoms with Crippen LogP contribution in [0.1, 0.15) is 19.4 Å². The molecule has 0 bridgehead atoms. The van der Waals surface area contributed by atoms with Gasteiger partial charge >= 0.3 is 0 Å². The fourth-order valence-corrected chi connectivity index (χ4v) is 1.69. The molecule has 0 amide bonds. The Morgan fingerprint density at radius 3 is 2.50 bits per heavy atom. The Labute approximate surface area is 85.4 Å². The van der Waals surface area contributed by atoms with E-state index in [1.165, 1.54) is 11.1 Å². The van der Waals surface area contributed by atoms with Crippen LogP contribution in [0.3, 0.4) is 0 Å². The van der Waals surface area contributed by atoms with Crippen LogP contribution in [0.2, 0.25) is 0 Å². The molecule has 0 spiro atoms. The zero-order chi connectivity index (χ0) is 10.0. The monoisotopic (exact) mass is 188 g/mol. The first-order valence-corrected chi connectivity index (χ1v) is 5.02. The van der Waals surface area contributed by atoms with Crippen LogP contribution in [0.4, 0.5) is 0 Å². The van der Waals surface area contributed by atoms with Gasteiger partial charge in [-0.15, -0.1) is 0 Å².